The van der Waals surface area contributed by atoms with E-state index in [0.29, 0.717) is 17.1 Å². The minimum absolute atomic E-state index is 0.0617. The molecule has 1 amide bonds. The summed E-state index contributed by atoms with van der Waals surface area (Å²) in [5.74, 6) is 0.543. The highest BCUT2D eigenvalue weighted by Gasteiger charge is 2.22. The van der Waals surface area contributed by atoms with Gasteiger partial charge in [-0.25, -0.2) is 0 Å². The van der Waals surface area contributed by atoms with Crippen molar-refractivity contribution in [3.8, 4) is 5.69 Å². The quantitative estimate of drug-likeness (QED) is 0.781. The Balaban J connectivity index is 1.65. The smallest absolute Gasteiger partial charge is 0.233 e. The van der Waals surface area contributed by atoms with Crippen LogP contribution in [0.2, 0.25) is 0 Å². The van der Waals surface area contributed by atoms with E-state index in [-0.39, 0.29) is 11.2 Å². The Hall–Kier alpha value is -1.89. The van der Waals surface area contributed by atoms with Crippen molar-refractivity contribution in [3.63, 3.8) is 0 Å². The van der Waals surface area contributed by atoms with Crippen molar-refractivity contribution < 1.29 is 4.79 Å². The van der Waals surface area contributed by atoms with E-state index in [1.165, 1.54) is 36.6 Å². The number of aromatic nitrogens is 4. The predicted molar refractivity (Wildman–Crippen MR) is 104 cm³/mol. The number of thioether (sulfide) groups is 1. The molecule has 26 heavy (non-hydrogen) atoms. The second-order valence-electron chi connectivity index (χ2n) is 7.22. The molecule has 1 aliphatic carbocycles. The minimum atomic E-state index is -0.239. The van der Waals surface area contributed by atoms with E-state index in [1.54, 1.807) is 4.68 Å². The van der Waals surface area contributed by atoms with E-state index < -0.39 is 0 Å². The molecule has 0 aliphatic heterocycles. The van der Waals surface area contributed by atoms with E-state index >= 15 is 0 Å². The first-order valence-corrected chi connectivity index (χ1v) is 10.3. The van der Waals surface area contributed by atoms with Gasteiger partial charge >= 0.3 is 0 Å². The molecule has 0 spiro atoms. The summed E-state index contributed by atoms with van der Waals surface area (Å²) < 4.78 is 1.69. The van der Waals surface area contributed by atoms with Crippen molar-refractivity contribution in [3.05, 3.63) is 29.8 Å². The number of tetrazole rings is 1. The van der Waals surface area contributed by atoms with Gasteiger partial charge in [-0.3, -0.25) is 4.79 Å². The molecule has 2 aromatic rings. The first-order valence-electron chi connectivity index (χ1n) is 9.40. The van der Waals surface area contributed by atoms with Crippen LogP contribution in [0, 0.1) is 0 Å². The minimum Gasteiger partial charge on any atom is -0.352 e. The SMILES string of the molecule is CC(Sc1nnnn1-c1ccc(C(C)C)cc1)C(=O)NC1CCCCC1. The monoisotopic (exact) mass is 373 g/mol. The van der Waals surface area contributed by atoms with Gasteiger partial charge in [0, 0.05) is 6.04 Å². The van der Waals surface area contributed by atoms with Crippen molar-refractivity contribution in [2.45, 2.75) is 75.2 Å². The number of hydrogen-bond acceptors (Lipinski definition) is 5. The fraction of sp³-hybridized carbons (Fsp3) is 0.579. The zero-order valence-electron chi connectivity index (χ0n) is 15.7. The average molecular weight is 374 g/mol. The van der Waals surface area contributed by atoms with E-state index in [0.717, 1.165) is 18.5 Å². The molecule has 1 saturated carbocycles. The fourth-order valence-corrected chi connectivity index (χ4v) is 4.01. The van der Waals surface area contributed by atoms with Gasteiger partial charge in [-0.05, 0) is 53.8 Å². The number of benzene rings is 1. The van der Waals surface area contributed by atoms with Crippen LogP contribution in [0.1, 0.15) is 64.4 Å². The number of nitrogens with one attached hydrogen (secondary N) is 1. The Kier molecular flexibility index (Phi) is 6.29. The van der Waals surface area contributed by atoms with E-state index in [1.807, 2.05) is 19.1 Å². The van der Waals surface area contributed by atoms with Crippen molar-refractivity contribution in [2.75, 3.05) is 0 Å². The standard InChI is InChI=1S/C19H27N5OS/c1-13(2)15-9-11-17(12-10-15)24-19(21-22-23-24)26-14(3)18(25)20-16-7-5-4-6-8-16/h9-14,16H,4-8H2,1-3H3,(H,20,25). The summed E-state index contributed by atoms with van der Waals surface area (Å²) in [4.78, 5) is 12.5. The molecule has 0 bridgehead atoms. The lowest BCUT2D eigenvalue weighted by atomic mass is 9.95. The van der Waals surface area contributed by atoms with Gasteiger partial charge in [0.05, 0.1) is 10.9 Å². The first-order chi connectivity index (χ1) is 12.5. The van der Waals surface area contributed by atoms with Crippen molar-refractivity contribution in [2.24, 2.45) is 0 Å². The molecule has 3 rings (SSSR count). The van der Waals surface area contributed by atoms with Crippen molar-refractivity contribution in [1.29, 1.82) is 0 Å². The van der Waals surface area contributed by atoms with Gasteiger partial charge in [0.25, 0.3) is 0 Å². The second kappa shape index (κ2) is 8.66. The van der Waals surface area contributed by atoms with Crippen molar-refractivity contribution >= 4 is 17.7 Å². The lowest BCUT2D eigenvalue weighted by molar-refractivity contribution is -0.121. The molecule has 1 atom stereocenters. The lowest BCUT2D eigenvalue weighted by Crippen LogP contribution is -2.40. The highest BCUT2D eigenvalue weighted by molar-refractivity contribution is 8.00. The van der Waals surface area contributed by atoms with Crippen molar-refractivity contribution in [1.82, 2.24) is 25.5 Å². The van der Waals surface area contributed by atoms with Gasteiger partial charge in [0.1, 0.15) is 0 Å². The van der Waals surface area contributed by atoms with Gasteiger partial charge in [-0.1, -0.05) is 57.0 Å². The molecule has 1 N–H and O–H groups in total. The molecule has 1 aromatic heterocycles. The van der Waals surface area contributed by atoms with E-state index in [9.17, 15) is 4.79 Å². The molecule has 140 valence electrons. The Morgan fingerprint density at radius 3 is 2.50 bits per heavy atom. The molecule has 0 saturated heterocycles. The summed E-state index contributed by atoms with van der Waals surface area (Å²) in [5.41, 5.74) is 2.18. The Morgan fingerprint density at radius 1 is 1.15 bits per heavy atom. The van der Waals surface area contributed by atoms with Gasteiger partial charge in [0.15, 0.2) is 0 Å². The Labute approximate surface area is 159 Å². The Bertz CT molecular complexity index is 722. The number of carbonyl (C=O) groups excluding carboxylic acids is 1. The molecule has 6 nitrogen and oxygen atoms in total. The highest BCUT2D eigenvalue weighted by atomic mass is 32.2. The molecule has 1 heterocycles. The van der Waals surface area contributed by atoms with Crippen LogP contribution >= 0.6 is 11.8 Å². The number of carbonyl (C=O) groups is 1. The summed E-state index contributed by atoms with van der Waals surface area (Å²) in [6.45, 7) is 6.24. The molecule has 1 unspecified atom stereocenters. The van der Waals surface area contributed by atoms with Crippen LogP contribution in [-0.4, -0.2) is 37.4 Å². The number of hydrogen-bond donors (Lipinski definition) is 1. The summed E-state index contributed by atoms with van der Waals surface area (Å²) in [5, 5.41) is 15.6. The topological polar surface area (TPSA) is 72.7 Å². The number of nitrogens with zero attached hydrogens (tertiary/aromatic N) is 4. The van der Waals surface area contributed by atoms with Crippen LogP contribution in [-0.2, 0) is 4.79 Å². The largest absolute Gasteiger partial charge is 0.352 e. The first kappa shape index (κ1) is 18.9. The van der Waals surface area contributed by atoms with Crippen LogP contribution in [0.5, 0.6) is 0 Å². The van der Waals surface area contributed by atoms with Gasteiger partial charge in [-0.15, -0.1) is 5.10 Å². The maximum Gasteiger partial charge on any atom is 0.233 e. The summed E-state index contributed by atoms with van der Waals surface area (Å²) in [6, 6.07) is 8.54. The summed E-state index contributed by atoms with van der Waals surface area (Å²) in [6.07, 6.45) is 5.86. The van der Waals surface area contributed by atoms with Gasteiger partial charge < -0.3 is 5.32 Å². The third kappa shape index (κ3) is 4.63. The second-order valence-corrected chi connectivity index (χ2v) is 8.53. The third-order valence-corrected chi connectivity index (χ3v) is 5.88. The highest BCUT2D eigenvalue weighted by Crippen LogP contribution is 2.25. The maximum atomic E-state index is 12.5. The average Bonchev–Trinajstić information content (AvgIpc) is 3.10. The Morgan fingerprint density at radius 2 is 1.85 bits per heavy atom. The summed E-state index contributed by atoms with van der Waals surface area (Å²) in [7, 11) is 0. The van der Waals surface area contributed by atoms with Gasteiger partial charge in [-0.2, -0.15) is 4.68 Å². The normalized spacial score (nSPS) is 16.6. The third-order valence-electron chi connectivity index (χ3n) is 4.85. The van der Waals surface area contributed by atoms with E-state index in [4.69, 9.17) is 0 Å². The van der Waals surface area contributed by atoms with Crippen LogP contribution in [0.15, 0.2) is 29.4 Å². The van der Waals surface area contributed by atoms with Crippen LogP contribution < -0.4 is 5.32 Å². The van der Waals surface area contributed by atoms with Crippen LogP contribution in [0.3, 0.4) is 0 Å². The fourth-order valence-electron chi connectivity index (χ4n) is 3.19. The molecular formula is C19H27N5OS. The maximum absolute atomic E-state index is 12.5. The number of amides is 1. The van der Waals surface area contributed by atoms with E-state index in [2.05, 4.69) is 46.8 Å². The molecule has 7 heteroatoms. The zero-order valence-corrected chi connectivity index (χ0v) is 16.5. The molecule has 1 aliphatic rings. The predicted octanol–water partition coefficient (Wildman–Crippen LogP) is 3.72. The van der Waals surface area contributed by atoms with Gasteiger partial charge in [0.2, 0.25) is 11.1 Å². The molecule has 0 radical (unpaired) electrons. The lowest BCUT2D eigenvalue weighted by Gasteiger charge is -2.24. The van der Waals surface area contributed by atoms with Crippen LogP contribution in [0.25, 0.3) is 5.69 Å². The molecule has 1 fully saturated rings. The van der Waals surface area contributed by atoms with Crippen LogP contribution in [0.4, 0.5) is 0 Å². The zero-order chi connectivity index (χ0) is 18.5. The molecular weight excluding hydrogens is 346 g/mol. The molecule has 1 aromatic carbocycles. The number of rotatable bonds is 6. The summed E-state index contributed by atoms with van der Waals surface area (Å²) >= 11 is 1.39.